The largest absolute Gasteiger partial charge is 0.476 e. The maximum Gasteiger partial charge on any atom is 0.356 e. The zero-order valence-electron chi connectivity index (χ0n) is 13.7. The van der Waals surface area contributed by atoms with Gasteiger partial charge in [0.1, 0.15) is 5.82 Å². The van der Waals surface area contributed by atoms with Gasteiger partial charge in [0.15, 0.2) is 5.69 Å². The minimum absolute atomic E-state index is 0.00514. The number of hydrogen-bond donors (Lipinski definition) is 1. The maximum absolute atomic E-state index is 10.8. The summed E-state index contributed by atoms with van der Waals surface area (Å²) in [5, 5.41) is 8.86. The highest BCUT2D eigenvalue weighted by Crippen LogP contribution is 2.25. The van der Waals surface area contributed by atoms with Gasteiger partial charge < -0.3 is 14.9 Å². The number of aromatic nitrogens is 2. The number of rotatable bonds is 6. The monoisotopic (exact) mass is 318 g/mol. The maximum atomic E-state index is 10.8. The van der Waals surface area contributed by atoms with Gasteiger partial charge in [0, 0.05) is 13.1 Å². The molecule has 0 spiro atoms. The Hall–Kier alpha value is -1.69. The van der Waals surface area contributed by atoms with Crippen molar-refractivity contribution in [2.75, 3.05) is 37.6 Å². The lowest BCUT2D eigenvalue weighted by Gasteiger charge is -2.32. The Morgan fingerprint density at radius 2 is 1.87 bits per heavy atom. The number of piperidine rings is 1. The molecule has 2 aliphatic rings. The second kappa shape index (κ2) is 7.73. The van der Waals surface area contributed by atoms with Gasteiger partial charge in [-0.3, -0.25) is 0 Å². The van der Waals surface area contributed by atoms with E-state index in [4.69, 9.17) is 5.11 Å². The third-order valence-corrected chi connectivity index (χ3v) is 5.08. The molecule has 3 heterocycles. The van der Waals surface area contributed by atoms with Crippen LogP contribution in [0.15, 0.2) is 12.4 Å². The fourth-order valence-corrected chi connectivity index (χ4v) is 3.66. The van der Waals surface area contributed by atoms with Gasteiger partial charge in [-0.15, -0.1) is 0 Å². The van der Waals surface area contributed by atoms with Crippen molar-refractivity contribution in [1.82, 2.24) is 14.9 Å². The van der Waals surface area contributed by atoms with E-state index < -0.39 is 5.97 Å². The van der Waals surface area contributed by atoms with Gasteiger partial charge >= 0.3 is 5.97 Å². The van der Waals surface area contributed by atoms with Crippen LogP contribution < -0.4 is 4.90 Å². The topological polar surface area (TPSA) is 69.6 Å². The van der Waals surface area contributed by atoms with Crippen LogP contribution in [0.25, 0.3) is 0 Å². The molecule has 1 aromatic rings. The first-order valence-corrected chi connectivity index (χ1v) is 8.75. The molecule has 1 aromatic heterocycles. The lowest BCUT2D eigenvalue weighted by Crippen LogP contribution is -2.34. The van der Waals surface area contributed by atoms with Gasteiger partial charge in [0.2, 0.25) is 0 Å². The average Bonchev–Trinajstić information content (AvgIpc) is 3.09. The molecule has 126 valence electrons. The Morgan fingerprint density at radius 3 is 2.48 bits per heavy atom. The molecule has 6 nitrogen and oxygen atoms in total. The van der Waals surface area contributed by atoms with E-state index in [0.717, 1.165) is 24.8 Å². The molecule has 1 N–H and O–H groups in total. The standard InChI is InChI=1S/C17H26N4O2/c22-17(23)15-12-19-16(13-18-15)21-10-5-14(6-11-21)4-3-9-20-7-1-2-8-20/h12-14H,1-11H2,(H,22,23). The number of nitrogens with zero attached hydrogens (tertiary/aromatic N) is 4. The summed E-state index contributed by atoms with van der Waals surface area (Å²) < 4.78 is 0. The van der Waals surface area contributed by atoms with Crippen molar-refractivity contribution < 1.29 is 9.90 Å². The summed E-state index contributed by atoms with van der Waals surface area (Å²) in [6.07, 6.45) is 10.7. The molecular formula is C17H26N4O2. The van der Waals surface area contributed by atoms with Crippen LogP contribution >= 0.6 is 0 Å². The van der Waals surface area contributed by atoms with E-state index in [0.29, 0.717) is 0 Å². The SMILES string of the molecule is O=C(O)c1cnc(N2CCC(CCCN3CCCC3)CC2)cn1. The van der Waals surface area contributed by atoms with Gasteiger partial charge in [0.05, 0.1) is 12.4 Å². The molecule has 0 aliphatic carbocycles. The second-order valence-electron chi connectivity index (χ2n) is 6.69. The third kappa shape index (κ3) is 4.41. The minimum Gasteiger partial charge on any atom is -0.476 e. The lowest BCUT2D eigenvalue weighted by atomic mass is 9.92. The summed E-state index contributed by atoms with van der Waals surface area (Å²) >= 11 is 0. The molecule has 2 fully saturated rings. The zero-order chi connectivity index (χ0) is 16.1. The highest BCUT2D eigenvalue weighted by molar-refractivity contribution is 5.84. The van der Waals surface area contributed by atoms with Crippen LogP contribution in [-0.4, -0.2) is 58.7 Å². The molecule has 0 amide bonds. The van der Waals surface area contributed by atoms with Crippen molar-refractivity contribution in [2.45, 2.75) is 38.5 Å². The van der Waals surface area contributed by atoms with Gasteiger partial charge in [0.25, 0.3) is 0 Å². The van der Waals surface area contributed by atoms with E-state index in [1.165, 1.54) is 64.4 Å². The summed E-state index contributed by atoms with van der Waals surface area (Å²) in [6.45, 7) is 5.85. The first-order valence-electron chi connectivity index (χ1n) is 8.75. The van der Waals surface area contributed by atoms with E-state index in [9.17, 15) is 4.79 Å². The van der Waals surface area contributed by atoms with Crippen LogP contribution in [0.1, 0.15) is 49.0 Å². The molecule has 6 heteroatoms. The number of carbonyl (C=O) groups is 1. The first kappa shape index (κ1) is 16.2. The van der Waals surface area contributed by atoms with Crippen LogP contribution in [0.5, 0.6) is 0 Å². The van der Waals surface area contributed by atoms with E-state index in [2.05, 4.69) is 19.8 Å². The van der Waals surface area contributed by atoms with Crippen molar-refractivity contribution in [3.63, 3.8) is 0 Å². The molecule has 0 bridgehead atoms. The molecule has 0 aromatic carbocycles. The highest BCUT2D eigenvalue weighted by atomic mass is 16.4. The fourth-order valence-electron chi connectivity index (χ4n) is 3.66. The molecule has 0 atom stereocenters. The number of carboxylic acids is 1. The predicted octanol–water partition coefficient (Wildman–Crippen LogP) is 2.27. The molecule has 2 aliphatic heterocycles. The number of aromatic carboxylic acids is 1. The van der Waals surface area contributed by atoms with Crippen molar-refractivity contribution in [3.8, 4) is 0 Å². The lowest BCUT2D eigenvalue weighted by molar-refractivity contribution is 0.0690. The van der Waals surface area contributed by atoms with Crippen LogP contribution in [0.3, 0.4) is 0 Å². The molecule has 3 rings (SSSR count). The Labute approximate surface area is 137 Å². The van der Waals surface area contributed by atoms with Crippen LogP contribution in [0, 0.1) is 5.92 Å². The highest BCUT2D eigenvalue weighted by Gasteiger charge is 2.21. The Kier molecular flexibility index (Phi) is 5.43. The van der Waals surface area contributed by atoms with E-state index in [1.807, 2.05) is 0 Å². The van der Waals surface area contributed by atoms with Gasteiger partial charge in [-0.05, 0) is 64.1 Å². The molecule has 2 saturated heterocycles. The quantitative estimate of drug-likeness (QED) is 0.868. The number of likely N-dealkylation sites (tertiary alicyclic amines) is 1. The molecule has 0 unspecified atom stereocenters. The molecule has 23 heavy (non-hydrogen) atoms. The molecule has 0 saturated carbocycles. The van der Waals surface area contributed by atoms with Gasteiger partial charge in [-0.2, -0.15) is 0 Å². The molecular weight excluding hydrogens is 292 g/mol. The van der Waals surface area contributed by atoms with Crippen molar-refractivity contribution in [2.24, 2.45) is 5.92 Å². The van der Waals surface area contributed by atoms with E-state index in [-0.39, 0.29) is 5.69 Å². The first-order chi connectivity index (χ1) is 11.2. The summed E-state index contributed by atoms with van der Waals surface area (Å²) in [6, 6.07) is 0. The van der Waals surface area contributed by atoms with E-state index in [1.54, 1.807) is 6.20 Å². The Morgan fingerprint density at radius 1 is 1.13 bits per heavy atom. The molecule has 0 radical (unpaired) electrons. The average molecular weight is 318 g/mol. The normalized spacial score (nSPS) is 20.1. The van der Waals surface area contributed by atoms with Crippen molar-refractivity contribution >= 4 is 11.8 Å². The Bertz CT molecular complexity index is 506. The fraction of sp³-hybridized carbons (Fsp3) is 0.706. The van der Waals surface area contributed by atoms with Crippen LogP contribution in [-0.2, 0) is 0 Å². The number of hydrogen-bond acceptors (Lipinski definition) is 5. The van der Waals surface area contributed by atoms with Crippen molar-refractivity contribution in [1.29, 1.82) is 0 Å². The van der Waals surface area contributed by atoms with Gasteiger partial charge in [-0.25, -0.2) is 14.8 Å². The summed E-state index contributed by atoms with van der Waals surface area (Å²) in [5.41, 5.74) is 0.00514. The number of carboxylic acid groups (broad SMARTS) is 1. The Balaban J connectivity index is 1.40. The third-order valence-electron chi connectivity index (χ3n) is 5.08. The summed E-state index contributed by atoms with van der Waals surface area (Å²) in [5.74, 6) is 0.589. The summed E-state index contributed by atoms with van der Waals surface area (Å²) in [4.78, 5) is 23.8. The van der Waals surface area contributed by atoms with Crippen LogP contribution in [0.2, 0.25) is 0 Å². The predicted molar refractivity (Wildman–Crippen MR) is 88.8 cm³/mol. The second-order valence-corrected chi connectivity index (χ2v) is 6.69. The number of anilines is 1. The van der Waals surface area contributed by atoms with Crippen LogP contribution in [0.4, 0.5) is 5.82 Å². The van der Waals surface area contributed by atoms with E-state index >= 15 is 0 Å². The zero-order valence-corrected chi connectivity index (χ0v) is 13.7. The minimum atomic E-state index is -1.03. The van der Waals surface area contributed by atoms with Crippen molar-refractivity contribution in [3.05, 3.63) is 18.1 Å². The summed E-state index contributed by atoms with van der Waals surface area (Å²) in [7, 11) is 0. The smallest absolute Gasteiger partial charge is 0.356 e. The van der Waals surface area contributed by atoms with Gasteiger partial charge in [-0.1, -0.05) is 0 Å².